The van der Waals surface area contributed by atoms with E-state index in [0.29, 0.717) is 0 Å². The van der Waals surface area contributed by atoms with Crippen LogP contribution < -0.4 is 16.8 Å². The lowest BCUT2D eigenvalue weighted by Crippen LogP contribution is -2.17. The van der Waals surface area contributed by atoms with E-state index in [-0.39, 0.29) is 22.7 Å². The molecule has 0 radical (unpaired) electrons. The van der Waals surface area contributed by atoms with Gasteiger partial charge in [0.15, 0.2) is 11.2 Å². The first kappa shape index (κ1) is 13.5. The summed E-state index contributed by atoms with van der Waals surface area (Å²) in [6.45, 7) is -0.778. The zero-order valence-corrected chi connectivity index (χ0v) is 8.99. The van der Waals surface area contributed by atoms with Crippen molar-refractivity contribution < 1.29 is 15.0 Å². The highest BCUT2D eigenvalue weighted by Crippen LogP contribution is 1.99. The van der Waals surface area contributed by atoms with Gasteiger partial charge in [-0.15, -0.1) is 0 Å². The van der Waals surface area contributed by atoms with Gasteiger partial charge in [-0.25, -0.2) is 20.6 Å². The number of hydrogen-bond acceptors (Lipinski definition) is 8. The van der Waals surface area contributed by atoms with Crippen molar-refractivity contribution in [3.8, 4) is 0 Å². The number of aliphatic hydroxyl groups excluding tert-OH is 1. The maximum absolute atomic E-state index is 11.3. The summed E-state index contributed by atoms with van der Waals surface area (Å²) in [5.74, 6) is 4.05. The molecule has 0 saturated carbocycles. The zero-order chi connectivity index (χ0) is 13.5. The molecule has 2 heterocycles. The van der Waals surface area contributed by atoms with E-state index >= 15 is 0 Å². The topological polar surface area (TPSA) is 167 Å². The van der Waals surface area contributed by atoms with Crippen LogP contribution in [0.5, 0.6) is 0 Å². The van der Waals surface area contributed by atoms with Crippen LogP contribution in [0, 0.1) is 0 Å². The van der Waals surface area contributed by atoms with Gasteiger partial charge in [0.1, 0.15) is 6.61 Å². The van der Waals surface area contributed by atoms with Crippen LogP contribution in [-0.2, 0) is 4.79 Å². The Balaban J connectivity index is 0.000000280. The number of nitrogens with one attached hydrogen (secondary N) is 2. The van der Waals surface area contributed by atoms with Crippen molar-refractivity contribution in [1.29, 1.82) is 0 Å². The molecule has 0 bridgehead atoms. The van der Waals surface area contributed by atoms with Crippen molar-refractivity contribution in [1.82, 2.24) is 19.9 Å². The molecule has 10 nitrogen and oxygen atoms in total. The Hall–Kier alpha value is -2.59. The quantitative estimate of drug-likeness (QED) is 0.302. The number of hydrazine groups is 1. The number of anilines is 1. The number of aromatic nitrogens is 4. The van der Waals surface area contributed by atoms with E-state index in [1.165, 1.54) is 12.4 Å². The summed E-state index contributed by atoms with van der Waals surface area (Å²) in [6, 6.07) is 0. The molecule has 0 aliphatic rings. The summed E-state index contributed by atoms with van der Waals surface area (Å²) < 4.78 is 0. The third-order valence-electron chi connectivity index (χ3n) is 1.62. The van der Waals surface area contributed by atoms with E-state index in [4.69, 9.17) is 20.9 Å². The summed E-state index contributed by atoms with van der Waals surface area (Å²) in [7, 11) is 0. The molecule has 96 valence electrons. The Bertz CT molecular complexity index is 597. The molecule has 18 heavy (non-hydrogen) atoms. The van der Waals surface area contributed by atoms with Crippen molar-refractivity contribution in [3.05, 3.63) is 22.7 Å². The number of nitrogen functional groups attached to an aromatic ring is 1. The number of aromatic amines is 1. The number of carboxylic acids is 1. The lowest BCUT2D eigenvalue weighted by atomic mass is 10.5. The van der Waals surface area contributed by atoms with Crippen LogP contribution in [0.2, 0.25) is 0 Å². The summed E-state index contributed by atoms with van der Waals surface area (Å²) >= 11 is 0. The van der Waals surface area contributed by atoms with Gasteiger partial charge in [-0.05, 0) is 0 Å². The molecule has 0 aliphatic heterocycles. The normalized spacial score (nSPS) is 9.44. The Labute approximate surface area is 99.5 Å². The molecule has 2 aromatic heterocycles. The molecular formula is C8H10N6O4. The third-order valence-corrected chi connectivity index (χ3v) is 1.62. The molecule has 0 saturated heterocycles. The molecule has 10 heteroatoms. The molecular weight excluding hydrogens is 244 g/mol. The molecule has 2 rings (SSSR count). The first-order chi connectivity index (χ1) is 8.58. The van der Waals surface area contributed by atoms with Crippen LogP contribution in [0.3, 0.4) is 0 Å². The van der Waals surface area contributed by atoms with Gasteiger partial charge in [0.05, 0.1) is 0 Å². The fourth-order valence-electron chi connectivity index (χ4n) is 0.942. The highest BCUT2D eigenvalue weighted by molar-refractivity contribution is 5.68. The van der Waals surface area contributed by atoms with Crippen molar-refractivity contribution in [2.75, 3.05) is 12.0 Å². The Morgan fingerprint density at radius 2 is 2.06 bits per heavy atom. The SMILES string of the molecule is NNc1nc2nccnc2c(=O)[nH]1.O=C(O)CO. The predicted octanol–water partition coefficient (Wildman–Crippen LogP) is -1.94. The van der Waals surface area contributed by atoms with Gasteiger partial charge in [-0.3, -0.25) is 15.2 Å². The van der Waals surface area contributed by atoms with Crippen molar-refractivity contribution in [2.45, 2.75) is 0 Å². The smallest absolute Gasteiger partial charge is 0.329 e. The number of aliphatic carboxylic acids is 1. The maximum atomic E-state index is 11.3. The van der Waals surface area contributed by atoms with Crippen LogP contribution in [-0.4, -0.2) is 42.7 Å². The van der Waals surface area contributed by atoms with Crippen molar-refractivity contribution in [3.63, 3.8) is 0 Å². The van der Waals surface area contributed by atoms with Crippen LogP contribution in [0.25, 0.3) is 11.2 Å². The number of nitrogens with two attached hydrogens (primary N) is 1. The minimum Gasteiger partial charge on any atom is -0.480 e. The Morgan fingerprint density at radius 3 is 2.61 bits per heavy atom. The molecule has 0 aromatic carbocycles. The molecule has 0 atom stereocenters. The van der Waals surface area contributed by atoms with E-state index in [1.807, 2.05) is 0 Å². The average molecular weight is 254 g/mol. The first-order valence-corrected chi connectivity index (χ1v) is 4.58. The second-order valence-corrected chi connectivity index (χ2v) is 2.84. The lowest BCUT2D eigenvalue weighted by molar-refractivity contribution is -0.140. The average Bonchev–Trinajstić information content (AvgIpc) is 2.39. The monoisotopic (exact) mass is 254 g/mol. The molecule has 6 N–H and O–H groups in total. The van der Waals surface area contributed by atoms with E-state index < -0.39 is 12.6 Å². The summed E-state index contributed by atoms with van der Waals surface area (Å²) in [4.78, 5) is 34.3. The Kier molecular flexibility index (Phi) is 4.66. The third kappa shape index (κ3) is 3.47. The van der Waals surface area contributed by atoms with Gasteiger partial charge in [0, 0.05) is 12.4 Å². The molecule has 0 aliphatic carbocycles. The summed E-state index contributed by atoms with van der Waals surface area (Å²) in [6.07, 6.45) is 2.88. The summed E-state index contributed by atoms with van der Waals surface area (Å²) in [5.41, 5.74) is 2.32. The van der Waals surface area contributed by atoms with Crippen LogP contribution in [0.15, 0.2) is 17.2 Å². The number of fused-ring (bicyclic) bond motifs is 1. The van der Waals surface area contributed by atoms with E-state index in [9.17, 15) is 4.79 Å². The second kappa shape index (κ2) is 6.22. The van der Waals surface area contributed by atoms with Crippen molar-refractivity contribution in [2.24, 2.45) is 5.84 Å². The van der Waals surface area contributed by atoms with Crippen LogP contribution in [0.4, 0.5) is 5.95 Å². The number of carbonyl (C=O) groups is 1. The molecule has 2 aromatic rings. The van der Waals surface area contributed by atoms with Gasteiger partial charge in [-0.2, -0.15) is 4.98 Å². The highest BCUT2D eigenvalue weighted by atomic mass is 16.4. The van der Waals surface area contributed by atoms with Gasteiger partial charge in [0.25, 0.3) is 5.56 Å². The highest BCUT2D eigenvalue weighted by Gasteiger charge is 2.03. The van der Waals surface area contributed by atoms with Crippen molar-refractivity contribution >= 4 is 23.1 Å². The van der Waals surface area contributed by atoms with E-state index in [1.54, 1.807) is 0 Å². The standard InChI is InChI=1S/C6H6N6O.C2H4O3/c7-12-6-10-4-3(5(13)11-6)8-1-2-9-4;3-1-2(4)5/h1-2H,7H2,(H2,9,10,11,12,13);3H,1H2,(H,4,5). The second-order valence-electron chi connectivity index (χ2n) is 2.84. The number of nitrogens with zero attached hydrogens (tertiary/aromatic N) is 3. The predicted molar refractivity (Wildman–Crippen MR) is 60.5 cm³/mol. The molecule has 0 amide bonds. The van der Waals surface area contributed by atoms with Crippen LogP contribution >= 0.6 is 0 Å². The number of hydrogen-bond donors (Lipinski definition) is 5. The zero-order valence-electron chi connectivity index (χ0n) is 8.99. The van der Waals surface area contributed by atoms with Crippen LogP contribution in [0.1, 0.15) is 0 Å². The van der Waals surface area contributed by atoms with Gasteiger partial charge < -0.3 is 10.2 Å². The fraction of sp³-hybridized carbons (Fsp3) is 0.125. The van der Waals surface area contributed by atoms with Gasteiger partial charge in [-0.1, -0.05) is 0 Å². The number of H-pyrrole nitrogens is 1. The number of aliphatic hydroxyl groups is 1. The number of rotatable bonds is 2. The largest absolute Gasteiger partial charge is 0.480 e. The lowest BCUT2D eigenvalue weighted by Gasteiger charge is -1.98. The minimum atomic E-state index is -1.19. The Morgan fingerprint density at radius 1 is 1.44 bits per heavy atom. The number of carboxylic acid groups (broad SMARTS) is 1. The van der Waals surface area contributed by atoms with Gasteiger partial charge in [0.2, 0.25) is 5.95 Å². The van der Waals surface area contributed by atoms with Gasteiger partial charge >= 0.3 is 5.97 Å². The summed E-state index contributed by atoms with van der Waals surface area (Å²) in [5, 5.41) is 15.0. The first-order valence-electron chi connectivity index (χ1n) is 4.58. The van der Waals surface area contributed by atoms with E-state index in [0.717, 1.165) is 0 Å². The minimum absolute atomic E-state index is 0.165. The van der Waals surface area contributed by atoms with E-state index in [2.05, 4.69) is 25.4 Å². The molecule has 0 spiro atoms. The maximum Gasteiger partial charge on any atom is 0.329 e. The molecule has 0 fully saturated rings. The molecule has 0 unspecified atom stereocenters. The fourth-order valence-corrected chi connectivity index (χ4v) is 0.942.